The van der Waals surface area contributed by atoms with Gasteiger partial charge in [0, 0.05) is 6.20 Å². The maximum Gasteiger partial charge on any atom is 0.146 e. The molecule has 2 aromatic rings. The highest BCUT2D eigenvalue weighted by atomic mass is 16.5. The van der Waals surface area contributed by atoms with Gasteiger partial charge in [0.25, 0.3) is 0 Å². The average Bonchev–Trinajstić information content (AvgIpc) is 2.52. The molecular weight excluding hydrogens is 270 g/mol. The van der Waals surface area contributed by atoms with Crippen molar-refractivity contribution < 1.29 is 14.6 Å². The summed E-state index contributed by atoms with van der Waals surface area (Å²) in [4.78, 5) is 14.4. The van der Waals surface area contributed by atoms with Crippen LogP contribution in [-0.2, 0) is 4.79 Å². The van der Waals surface area contributed by atoms with E-state index in [0.29, 0.717) is 11.6 Å². The number of carbonyl (C=O) groups is 1. The number of aliphatic carboxylic acids is 1. The van der Waals surface area contributed by atoms with Gasteiger partial charge >= 0.3 is 0 Å². The number of pyridine rings is 1. The number of nitrogens with zero attached hydrogens (tertiary/aromatic N) is 2. The van der Waals surface area contributed by atoms with Gasteiger partial charge in [-0.25, -0.2) is 4.98 Å². The van der Waals surface area contributed by atoms with E-state index in [4.69, 9.17) is 4.74 Å². The molecule has 1 aromatic carbocycles. The first-order valence-electron chi connectivity index (χ1n) is 6.29. The maximum absolute atomic E-state index is 10.3. The van der Waals surface area contributed by atoms with Gasteiger partial charge in [-0.3, -0.25) is 5.43 Å². The number of carboxylic acids is 1. The molecule has 2 rings (SSSR count). The lowest BCUT2D eigenvalue weighted by molar-refractivity contribution is -0.307. The van der Waals surface area contributed by atoms with Gasteiger partial charge in [-0.1, -0.05) is 6.07 Å². The molecule has 0 aliphatic rings. The fourth-order valence-electron chi connectivity index (χ4n) is 1.57. The molecule has 0 unspecified atom stereocenters. The van der Waals surface area contributed by atoms with Gasteiger partial charge in [0.15, 0.2) is 0 Å². The summed E-state index contributed by atoms with van der Waals surface area (Å²) in [5.41, 5.74) is 4.52. The number of hydrogen-bond acceptors (Lipinski definition) is 6. The van der Waals surface area contributed by atoms with Crippen LogP contribution in [0, 0.1) is 0 Å². The molecule has 1 N–H and O–H groups in total. The Morgan fingerprint density at radius 1 is 1.29 bits per heavy atom. The highest BCUT2D eigenvalue weighted by molar-refractivity contribution is 5.99. The van der Waals surface area contributed by atoms with Gasteiger partial charge in [0.2, 0.25) is 0 Å². The number of rotatable bonds is 6. The van der Waals surface area contributed by atoms with Gasteiger partial charge in [0.1, 0.15) is 18.2 Å². The number of aromatic nitrogens is 1. The molecule has 6 nitrogen and oxygen atoms in total. The lowest BCUT2D eigenvalue weighted by atomic mass is 10.1. The lowest BCUT2D eigenvalue weighted by Gasteiger charge is -2.07. The molecule has 0 fully saturated rings. The predicted molar refractivity (Wildman–Crippen MR) is 77.0 cm³/mol. The number of hydrogen-bond donors (Lipinski definition) is 1. The summed E-state index contributed by atoms with van der Waals surface area (Å²) in [6, 6.07) is 12.5. The van der Waals surface area contributed by atoms with E-state index in [1.54, 1.807) is 30.5 Å². The van der Waals surface area contributed by atoms with Crippen molar-refractivity contribution in [3.8, 4) is 5.75 Å². The van der Waals surface area contributed by atoms with Crippen molar-refractivity contribution in [1.82, 2.24) is 4.98 Å². The fraction of sp³-hybridized carbons (Fsp3) is 0.133. The Balaban J connectivity index is 1.99. The van der Waals surface area contributed by atoms with Gasteiger partial charge in [0.05, 0.1) is 11.7 Å². The van der Waals surface area contributed by atoms with Gasteiger partial charge in [-0.15, -0.1) is 0 Å². The predicted octanol–water partition coefficient (Wildman–Crippen LogP) is 1.05. The van der Waals surface area contributed by atoms with Crippen LogP contribution in [0.25, 0.3) is 0 Å². The number of carboxylic acid groups (broad SMARTS) is 1. The van der Waals surface area contributed by atoms with E-state index in [9.17, 15) is 9.90 Å². The van der Waals surface area contributed by atoms with Crippen molar-refractivity contribution in [2.45, 2.75) is 6.92 Å². The molecule has 0 atom stereocenters. The van der Waals surface area contributed by atoms with E-state index in [0.717, 1.165) is 11.3 Å². The van der Waals surface area contributed by atoms with Crippen LogP contribution in [0.2, 0.25) is 0 Å². The van der Waals surface area contributed by atoms with Crippen LogP contribution in [0.5, 0.6) is 5.75 Å². The quantitative estimate of drug-likeness (QED) is 0.633. The number of carbonyl (C=O) groups excluding carboxylic acids is 1. The second-order valence-electron chi connectivity index (χ2n) is 4.21. The number of hydrazone groups is 1. The van der Waals surface area contributed by atoms with Crippen LogP contribution in [0.4, 0.5) is 5.82 Å². The molecule has 0 bridgehead atoms. The Morgan fingerprint density at radius 3 is 2.67 bits per heavy atom. The van der Waals surface area contributed by atoms with Crippen LogP contribution in [0.15, 0.2) is 53.8 Å². The minimum absolute atomic E-state index is 0.465. The summed E-state index contributed by atoms with van der Waals surface area (Å²) >= 11 is 0. The normalized spacial score (nSPS) is 11.0. The Labute approximate surface area is 122 Å². The van der Waals surface area contributed by atoms with Crippen molar-refractivity contribution in [3.63, 3.8) is 0 Å². The largest absolute Gasteiger partial charge is 0.546 e. The Bertz CT molecular complexity index is 624. The van der Waals surface area contributed by atoms with E-state index < -0.39 is 12.6 Å². The second kappa shape index (κ2) is 7.04. The molecule has 6 heteroatoms. The molecular formula is C15H14N3O3-. The van der Waals surface area contributed by atoms with Crippen LogP contribution in [-0.4, -0.2) is 23.3 Å². The highest BCUT2D eigenvalue weighted by Gasteiger charge is 1.99. The SMILES string of the molecule is C/C(=N/Nc1ccccn1)c1ccc(OCC(=O)[O-])cc1. The number of benzene rings is 1. The van der Waals surface area contributed by atoms with Crippen molar-refractivity contribution in [1.29, 1.82) is 0 Å². The third kappa shape index (κ3) is 4.61. The van der Waals surface area contributed by atoms with Crippen LogP contribution >= 0.6 is 0 Å². The summed E-state index contributed by atoms with van der Waals surface area (Å²) in [5.74, 6) is -0.129. The van der Waals surface area contributed by atoms with Crippen LogP contribution in [0.1, 0.15) is 12.5 Å². The third-order valence-electron chi connectivity index (χ3n) is 2.63. The first kappa shape index (κ1) is 14.5. The summed E-state index contributed by atoms with van der Waals surface area (Å²) in [6.45, 7) is 1.39. The van der Waals surface area contributed by atoms with Gasteiger partial charge in [-0.2, -0.15) is 5.10 Å². The highest BCUT2D eigenvalue weighted by Crippen LogP contribution is 2.13. The number of nitrogens with one attached hydrogen (secondary N) is 1. The first-order chi connectivity index (χ1) is 10.1. The molecule has 21 heavy (non-hydrogen) atoms. The Hall–Kier alpha value is -2.89. The molecule has 108 valence electrons. The lowest BCUT2D eigenvalue weighted by Crippen LogP contribution is -2.28. The summed E-state index contributed by atoms with van der Waals surface area (Å²) < 4.78 is 5.00. The molecule has 0 spiro atoms. The van der Waals surface area contributed by atoms with Crippen molar-refractivity contribution in [3.05, 3.63) is 54.2 Å². The summed E-state index contributed by atoms with van der Waals surface area (Å²) in [6.07, 6.45) is 1.68. The number of anilines is 1. The molecule has 0 aliphatic heterocycles. The van der Waals surface area contributed by atoms with E-state index in [-0.39, 0.29) is 0 Å². The zero-order valence-electron chi connectivity index (χ0n) is 11.4. The molecule has 1 heterocycles. The zero-order valence-corrected chi connectivity index (χ0v) is 11.4. The second-order valence-corrected chi connectivity index (χ2v) is 4.21. The van der Waals surface area contributed by atoms with Crippen LogP contribution in [0.3, 0.4) is 0 Å². The average molecular weight is 284 g/mol. The van der Waals surface area contributed by atoms with E-state index >= 15 is 0 Å². The minimum Gasteiger partial charge on any atom is -0.546 e. The van der Waals surface area contributed by atoms with Crippen molar-refractivity contribution >= 4 is 17.5 Å². The Kier molecular flexibility index (Phi) is 4.87. The monoisotopic (exact) mass is 284 g/mol. The molecule has 1 aromatic heterocycles. The first-order valence-corrected chi connectivity index (χ1v) is 6.29. The number of ether oxygens (including phenoxy) is 1. The zero-order chi connectivity index (χ0) is 15.1. The molecule has 0 amide bonds. The molecule has 0 aliphatic carbocycles. The Morgan fingerprint density at radius 2 is 2.05 bits per heavy atom. The minimum atomic E-state index is -1.25. The standard InChI is InChI=1S/C15H15N3O3/c1-11(17-18-14-4-2-3-9-16-14)12-5-7-13(8-6-12)21-10-15(19)20/h2-9H,10H2,1H3,(H,16,18)(H,19,20)/p-1/b17-11-. The van der Waals surface area contributed by atoms with Crippen LogP contribution < -0.4 is 15.3 Å². The van der Waals surface area contributed by atoms with E-state index in [1.165, 1.54) is 0 Å². The summed E-state index contributed by atoms with van der Waals surface area (Å²) in [5, 5.41) is 14.5. The van der Waals surface area contributed by atoms with E-state index in [1.807, 2.05) is 25.1 Å². The molecule has 0 saturated heterocycles. The topological polar surface area (TPSA) is 86.6 Å². The third-order valence-corrected chi connectivity index (χ3v) is 2.63. The smallest absolute Gasteiger partial charge is 0.146 e. The van der Waals surface area contributed by atoms with Gasteiger partial charge < -0.3 is 14.6 Å². The van der Waals surface area contributed by atoms with E-state index in [2.05, 4.69) is 15.5 Å². The van der Waals surface area contributed by atoms with Gasteiger partial charge in [-0.05, 0) is 48.9 Å². The molecule has 0 saturated carbocycles. The van der Waals surface area contributed by atoms with Crippen molar-refractivity contribution in [2.24, 2.45) is 5.10 Å². The fourth-order valence-corrected chi connectivity index (χ4v) is 1.57. The van der Waals surface area contributed by atoms with Crippen molar-refractivity contribution in [2.75, 3.05) is 12.0 Å². The maximum atomic E-state index is 10.3. The summed E-state index contributed by atoms with van der Waals surface area (Å²) in [7, 11) is 0. The molecule has 0 radical (unpaired) electrons.